The van der Waals surface area contributed by atoms with Crippen LogP contribution in [0.1, 0.15) is 49.2 Å². The van der Waals surface area contributed by atoms with E-state index in [2.05, 4.69) is 27.4 Å². The van der Waals surface area contributed by atoms with E-state index in [-0.39, 0.29) is 35.9 Å². The second-order valence-corrected chi connectivity index (χ2v) is 11.7. The second kappa shape index (κ2) is 9.40. The third-order valence-electron chi connectivity index (χ3n) is 7.31. The van der Waals surface area contributed by atoms with Gasteiger partial charge in [-0.2, -0.15) is 0 Å². The Morgan fingerprint density at radius 3 is 2.69 bits per heavy atom. The van der Waals surface area contributed by atoms with Crippen molar-refractivity contribution in [3.63, 3.8) is 0 Å². The standard InChI is InChI=1S/C24H30F2N6O3S/c1-4-5-11-32-12-10-24(15-32)23(2,30-22(27)31(3)36(24,34)35)18-13-17(7-8-19(18)26)29-21(33)20-9-6-16(25)14-28-20/h6-9,13-14H,4-5,10-12,15H2,1-3H3,(H2,27,30)(H,29,33)/t23-,24-/m1/s1. The summed E-state index contributed by atoms with van der Waals surface area (Å²) in [7, 11) is -2.74. The number of hydrogen-bond donors (Lipinski definition) is 3. The highest BCUT2D eigenvalue weighted by Gasteiger charge is 2.66. The molecule has 3 N–H and O–H groups in total. The molecular formula is C24H30F2N6O3S. The van der Waals surface area contributed by atoms with Gasteiger partial charge in [0.25, 0.3) is 5.91 Å². The van der Waals surface area contributed by atoms with Crippen molar-refractivity contribution in [2.24, 2.45) is 0 Å². The van der Waals surface area contributed by atoms with Crippen molar-refractivity contribution in [2.75, 3.05) is 32.0 Å². The van der Waals surface area contributed by atoms with Gasteiger partial charge in [-0.25, -0.2) is 26.5 Å². The molecule has 2 atom stereocenters. The van der Waals surface area contributed by atoms with Gasteiger partial charge >= 0.3 is 0 Å². The third kappa shape index (κ3) is 4.11. The highest BCUT2D eigenvalue weighted by Crippen LogP contribution is 2.49. The van der Waals surface area contributed by atoms with Crippen molar-refractivity contribution in [2.45, 2.75) is 43.4 Å². The van der Waals surface area contributed by atoms with Gasteiger partial charge in [-0.05, 0) is 63.2 Å². The summed E-state index contributed by atoms with van der Waals surface area (Å²) in [6, 6.07) is 6.22. The monoisotopic (exact) mass is 520 g/mol. The van der Waals surface area contributed by atoms with Crippen molar-refractivity contribution < 1.29 is 22.0 Å². The molecule has 2 aliphatic rings. The fourth-order valence-corrected chi connectivity index (χ4v) is 7.31. The first-order valence-corrected chi connectivity index (χ1v) is 13.2. The zero-order valence-corrected chi connectivity index (χ0v) is 21.3. The number of hydrogen-bond acceptors (Lipinski definition) is 6. The number of nitrogens with zero attached hydrogens (tertiary/aromatic N) is 3. The molecule has 2 aromatic rings. The lowest BCUT2D eigenvalue weighted by Crippen LogP contribution is -2.74. The molecule has 2 aliphatic heterocycles. The van der Waals surface area contributed by atoms with Gasteiger partial charge < -0.3 is 15.5 Å². The minimum Gasteiger partial charge on any atom is -0.345 e. The number of carbonyl (C=O) groups is 1. The lowest BCUT2D eigenvalue weighted by molar-refractivity contribution is 0.102. The number of aromatic nitrogens is 1. The molecule has 1 aromatic carbocycles. The Balaban J connectivity index is 1.76. The lowest BCUT2D eigenvalue weighted by Gasteiger charge is -2.52. The van der Waals surface area contributed by atoms with Crippen molar-refractivity contribution in [1.29, 1.82) is 5.41 Å². The average Bonchev–Trinajstić information content (AvgIpc) is 3.29. The van der Waals surface area contributed by atoms with Crippen molar-refractivity contribution >= 4 is 27.6 Å². The van der Waals surface area contributed by atoms with E-state index in [1.165, 1.54) is 25.2 Å². The molecule has 194 valence electrons. The molecule has 2 fully saturated rings. The Bertz CT molecular complexity index is 1290. The SMILES string of the molecule is CCCCN1CC[C@@]2(C1)[C@@](C)(c1cc(NC(=O)c3ccc(F)cn3)ccc1F)NC(=N)N(C)S2(=O)=O. The molecule has 1 aromatic heterocycles. The molecule has 1 spiro atoms. The number of nitrogens with one attached hydrogen (secondary N) is 3. The molecular weight excluding hydrogens is 490 g/mol. The molecule has 4 rings (SSSR count). The first-order chi connectivity index (χ1) is 16.9. The molecule has 0 aliphatic carbocycles. The predicted octanol–water partition coefficient (Wildman–Crippen LogP) is 2.87. The highest BCUT2D eigenvalue weighted by molar-refractivity contribution is 7.91. The minimum absolute atomic E-state index is 0.0196. The van der Waals surface area contributed by atoms with Gasteiger partial charge in [0.1, 0.15) is 22.1 Å². The predicted molar refractivity (Wildman–Crippen MR) is 132 cm³/mol. The number of sulfonamides is 1. The number of amides is 1. The Morgan fingerprint density at radius 2 is 2.03 bits per heavy atom. The van der Waals surface area contributed by atoms with Crippen molar-refractivity contribution in [3.8, 4) is 0 Å². The first-order valence-electron chi connectivity index (χ1n) is 11.8. The van der Waals surface area contributed by atoms with Gasteiger partial charge in [0.05, 0.1) is 11.7 Å². The summed E-state index contributed by atoms with van der Waals surface area (Å²) in [6.45, 7) is 5.06. The van der Waals surface area contributed by atoms with Crippen LogP contribution in [0, 0.1) is 17.0 Å². The van der Waals surface area contributed by atoms with E-state index in [4.69, 9.17) is 5.41 Å². The van der Waals surface area contributed by atoms with Crippen LogP contribution in [-0.4, -0.2) is 65.9 Å². The van der Waals surface area contributed by atoms with Gasteiger partial charge in [-0.3, -0.25) is 10.2 Å². The summed E-state index contributed by atoms with van der Waals surface area (Å²) in [5, 5.41) is 13.9. The maximum Gasteiger partial charge on any atom is 0.274 e. The molecule has 9 nitrogen and oxygen atoms in total. The van der Waals surface area contributed by atoms with Crippen LogP contribution in [0.2, 0.25) is 0 Å². The fraction of sp³-hybridized carbons (Fsp3) is 0.458. The fourth-order valence-electron chi connectivity index (χ4n) is 5.12. The largest absolute Gasteiger partial charge is 0.345 e. The zero-order chi connectivity index (χ0) is 26.3. The van der Waals surface area contributed by atoms with Crippen LogP contribution in [0.4, 0.5) is 14.5 Å². The average molecular weight is 521 g/mol. The highest BCUT2D eigenvalue weighted by atomic mass is 32.2. The number of carbonyl (C=O) groups excluding carboxylic acids is 1. The molecule has 0 saturated carbocycles. The van der Waals surface area contributed by atoms with Gasteiger partial charge in [0.2, 0.25) is 16.0 Å². The summed E-state index contributed by atoms with van der Waals surface area (Å²) in [6.07, 6.45) is 3.02. The minimum atomic E-state index is -4.06. The summed E-state index contributed by atoms with van der Waals surface area (Å²) < 4.78 is 55.7. The van der Waals surface area contributed by atoms with E-state index >= 15 is 4.39 Å². The van der Waals surface area contributed by atoms with Crippen LogP contribution in [-0.2, 0) is 15.6 Å². The maximum atomic E-state index is 15.4. The number of guanidine groups is 1. The van der Waals surface area contributed by atoms with E-state index in [1.807, 2.05) is 0 Å². The number of benzene rings is 1. The number of anilines is 1. The Hall–Kier alpha value is -3.12. The summed E-state index contributed by atoms with van der Waals surface area (Å²) in [5.74, 6) is -2.24. The van der Waals surface area contributed by atoms with Crippen LogP contribution >= 0.6 is 0 Å². The van der Waals surface area contributed by atoms with Crippen LogP contribution < -0.4 is 10.6 Å². The number of pyridine rings is 1. The van der Waals surface area contributed by atoms with Gasteiger partial charge in [-0.15, -0.1) is 0 Å². The summed E-state index contributed by atoms with van der Waals surface area (Å²) >= 11 is 0. The first kappa shape index (κ1) is 26.0. The molecule has 0 radical (unpaired) electrons. The Morgan fingerprint density at radius 1 is 1.28 bits per heavy atom. The third-order valence-corrected chi connectivity index (χ3v) is 9.94. The summed E-state index contributed by atoms with van der Waals surface area (Å²) in [5.41, 5.74) is -1.31. The Kier molecular flexibility index (Phi) is 6.78. The van der Waals surface area contributed by atoms with Crippen LogP contribution in [0.25, 0.3) is 0 Å². The van der Waals surface area contributed by atoms with E-state index in [1.54, 1.807) is 6.92 Å². The molecule has 12 heteroatoms. The second-order valence-electron chi connectivity index (χ2n) is 9.46. The number of halogens is 2. The molecule has 1 amide bonds. The number of likely N-dealkylation sites (tertiary alicyclic amines) is 1. The molecule has 0 unspecified atom stereocenters. The molecule has 0 bridgehead atoms. The zero-order valence-electron chi connectivity index (χ0n) is 20.4. The van der Waals surface area contributed by atoms with E-state index in [0.29, 0.717) is 13.1 Å². The normalized spacial score (nSPS) is 25.7. The van der Waals surface area contributed by atoms with Crippen molar-refractivity contribution in [1.82, 2.24) is 19.5 Å². The Labute approximate surface area is 209 Å². The summed E-state index contributed by atoms with van der Waals surface area (Å²) in [4.78, 5) is 18.4. The van der Waals surface area contributed by atoms with Gasteiger partial charge in [0, 0.05) is 24.8 Å². The molecule has 36 heavy (non-hydrogen) atoms. The number of unbranched alkanes of at least 4 members (excludes halogenated alkanes) is 1. The van der Waals surface area contributed by atoms with Crippen molar-refractivity contribution in [3.05, 3.63) is 59.4 Å². The van der Waals surface area contributed by atoms with Crippen LogP contribution in [0.5, 0.6) is 0 Å². The van der Waals surface area contributed by atoms with E-state index in [9.17, 15) is 17.6 Å². The smallest absolute Gasteiger partial charge is 0.274 e. The van der Waals surface area contributed by atoms with Gasteiger partial charge in [-0.1, -0.05) is 13.3 Å². The molecule has 3 heterocycles. The van der Waals surface area contributed by atoms with E-state index < -0.39 is 37.9 Å². The number of rotatable bonds is 6. The van der Waals surface area contributed by atoms with Crippen LogP contribution in [0.15, 0.2) is 36.5 Å². The van der Waals surface area contributed by atoms with Gasteiger partial charge in [0.15, 0.2) is 0 Å². The topological polar surface area (TPSA) is 118 Å². The van der Waals surface area contributed by atoms with E-state index in [0.717, 1.165) is 35.5 Å². The quantitative estimate of drug-likeness (QED) is 0.539. The van der Waals surface area contributed by atoms with Crippen LogP contribution in [0.3, 0.4) is 0 Å². The lowest BCUT2D eigenvalue weighted by atomic mass is 9.77. The molecule has 2 saturated heterocycles. The maximum absolute atomic E-state index is 15.4.